The van der Waals surface area contributed by atoms with E-state index in [2.05, 4.69) is 17.2 Å². The molecule has 1 aromatic heterocycles. The van der Waals surface area contributed by atoms with Crippen LogP contribution in [0.1, 0.15) is 24.6 Å². The largest absolute Gasteiger partial charge is 0.388 e. The van der Waals surface area contributed by atoms with Crippen molar-refractivity contribution < 1.29 is 4.39 Å². The van der Waals surface area contributed by atoms with Gasteiger partial charge in [-0.15, -0.1) is 0 Å². The molecule has 0 spiro atoms. The van der Waals surface area contributed by atoms with Gasteiger partial charge in [-0.25, -0.2) is 4.39 Å². The van der Waals surface area contributed by atoms with Gasteiger partial charge in [0.2, 0.25) is 0 Å². The van der Waals surface area contributed by atoms with Gasteiger partial charge in [-0.05, 0) is 31.0 Å². The lowest BCUT2D eigenvalue weighted by atomic mass is 10.1. The van der Waals surface area contributed by atoms with E-state index in [0.717, 1.165) is 35.1 Å². The summed E-state index contributed by atoms with van der Waals surface area (Å²) < 4.78 is 13.5. The van der Waals surface area contributed by atoms with Gasteiger partial charge in [0.15, 0.2) is 0 Å². The lowest BCUT2D eigenvalue weighted by molar-refractivity contribution is 0.620. The van der Waals surface area contributed by atoms with Crippen LogP contribution in [-0.2, 0) is 6.42 Å². The van der Waals surface area contributed by atoms with Crippen molar-refractivity contribution in [2.75, 3.05) is 12.4 Å². The molecule has 1 N–H and O–H groups in total. The number of rotatable bonds is 3. The normalized spacial score (nSPS) is 10.8. The van der Waals surface area contributed by atoms with Gasteiger partial charge < -0.3 is 5.32 Å². The molecule has 0 aliphatic carbocycles. The number of aryl methyl sites for hydroxylation is 2. The van der Waals surface area contributed by atoms with E-state index in [1.807, 2.05) is 19.2 Å². The fourth-order valence-electron chi connectivity index (χ4n) is 2.00. The van der Waals surface area contributed by atoms with E-state index >= 15 is 0 Å². The van der Waals surface area contributed by atoms with E-state index < -0.39 is 0 Å². The Morgan fingerprint density at radius 3 is 2.71 bits per heavy atom. The van der Waals surface area contributed by atoms with Crippen LogP contribution in [0.15, 0.2) is 18.2 Å². The van der Waals surface area contributed by atoms with Crippen molar-refractivity contribution >= 4 is 16.6 Å². The zero-order valence-corrected chi connectivity index (χ0v) is 10.5. The Balaban J connectivity index is 2.68. The van der Waals surface area contributed by atoms with Crippen LogP contribution >= 0.6 is 0 Å². The quantitative estimate of drug-likeness (QED) is 0.873. The van der Waals surface area contributed by atoms with Crippen LogP contribution in [0.25, 0.3) is 10.9 Å². The number of fused-ring (bicyclic) bond motifs is 1. The predicted octanol–water partition coefficient (Wildman–Crippen LogP) is 3.68. The molecule has 0 saturated carbocycles. The number of pyridine rings is 1. The number of halogens is 1. The molecule has 2 aromatic rings. The van der Waals surface area contributed by atoms with Gasteiger partial charge in [0.25, 0.3) is 0 Å². The Morgan fingerprint density at radius 2 is 2.06 bits per heavy atom. The van der Waals surface area contributed by atoms with Crippen LogP contribution in [0.3, 0.4) is 0 Å². The smallest absolute Gasteiger partial charge is 0.128 e. The number of nitrogens with one attached hydrogen (secondary N) is 1. The van der Waals surface area contributed by atoms with Gasteiger partial charge in [0.05, 0.1) is 5.52 Å². The maximum absolute atomic E-state index is 13.5. The highest BCUT2D eigenvalue weighted by atomic mass is 19.1. The standard InChI is InChI=1S/C14H17FN2/c1-4-5-10-7-13(16-3)11-6-9(2)12(15)8-14(11)17-10/h6-8H,4-5H2,1-3H3,(H,16,17). The third-order valence-corrected chi connectivity index (χ3v) is 2.92. The summed E-state index contributed by atoms with van der Waals surface area (Å²) >= 11 is 0. The minimum atomic E-state index is -0.194. The van der Waals surface area contributed by atoms with Gasteiger partial charge in [0, 0.05) is 29.9 Å². The molecular weight excluding hydrogens is 215 g/mol. The zero-order chi connectivity index (χ0) is 12.4. The molecule has 2 nitrogen and oxygen atoms in total. The summed E-state index contributed by atoms with van der Waals surface area (Å²) in [6, 6.07) is 5.41. The molecule has 0 radical (unpaired) electrons. The second-order valence-electron chi connectivity index (χ2n) is 4.28. The van der Waals surface area contributed by atoms with Crippen LogP contribution in [0, 0.1) is 12.7 Å². The Hall–Kier alpha value is -1.64. The Bertz CT molecular complexity index is 549. The Morgan fingerprint density at radius 1 is 1.29 bits per heavy atom. The number of hydrogen-bond donors (Lipinski definition) is 1. The van der Waals surface area contributed by atoms with Crippen molar-refractivity contribution in [1.29, 1.82) is 0 Å². The maximum atomic E-state index is 13.5. The topological polar surface area (TPSA) is 24.9 Å². The minimum absolute atomic E-state index is 0.194. The highest BCUT2D eigenvalue weighted by Crippen LogP contribution is 2.26. The van der Waals surface area contributed by atoms with Gasteiger partial charge in [-0.1, -0.05) is 13.3 Å². The second kappa shape index (κ2) is 4.70. The molecule has 0 saturated heterocycles. The van der Waals surface area contributed by atoms with E-state index in [1.165, 1.54) is 6.07 Å². The molecule has 17 heavy (non-hydrogen) atoms. The average Bonchev–Trinajstić information content (AvgIpc) is 2.31. The molecule has 0 aliphatic rings. The summed E-state index contributed by atoms with van der Waals surface area (Å²) in [5.74, 6) is -0.194. The SMILES string of the molecule is CCCc1cc(NC)c2cc(C)c(F)cc2n1. The van der Waals surface area contributed by atoms with Crippen molar-refractivity contribution in [2.24, 2.45) is 0 Å². The number of benzene rings is 1. The van der Waals surface area contributed by atoms with E-state index in [4.69, 9.17) is 0 Å². The van der Waals surface area contributed by atoms with Gasteiger partial charge in [-0.2, -0.15) is 0 Å². The second-order valence-corrected chi connectivity index (χ2v) is 4.28. The highest BCUT2D eigenvalue weighted by molar-refractivity contribution is 5.92. The number of hydrogen-bond acceptors (Lipinski definition) is 2. The lowest BCUT2D eigenvalue weighted by Crippen LogP contribution is -1.97. The van der Waals surface area contributed by atoms with Crippen LogP contribution in [-0.4, -0.2) is 12.0 Å². The van der Waals surface area contributed by atoms with Crippen molar-refractivity contribution in [3.8, 4) is 0 Å². The van der Waals surface area contributed by atoms with Gasteiger partial charge in [0.1, 0.15) is 5.82 Å². The summed E-state index contributed by atoms with van der Waals surface area (Å²) in [5, 5.41) is 4.13. The first-order valence-corrected chi connectivity index (χ1v) is 5.93. The van der Waals surface area contributed by atoms with Crippen LogP contribution < -0.4 is 5.32 Å². The van der Waals surface area contributed by atoms with Gasteiger partial charge >= 0.3 is 0 Å². The van der Waals surface area contributed by atoms with E-state index in [0.29, 0.717) is 5.56 Å². The fourth-order valence-corrected chi connectivity index (χ4v) is 2.00. The summed E-state index contributed by atoms with van der Waals surface area (Å²) in [5.41, 5.74) is 3.40. The fraction of sp³-hybridized carbons (Fsp3) is 0.357. The molecule has 90 valence electrons. The first kappa shape index (κ1) is 11.8. The average molecular weight is 232 g/mol. The number of anilines is 1. The zero-order valence-electron chi connectivity index (χ0n) is 10.5. The van der Waals surface area contributed by atoms with Crippen LogP contribution in [0.4, 0.5) is 10.1 Å². The Labute approximate surface area is 101 Å². The van der Waals surface area contributed by atoms with Crippen molar-refractivity contribution in [2.45, 2.75) is 26.7 Å². The highest BCUT2D eigenvalue weighted by Gasteiger charge is 2.07. The number of nitrogens with zero attached hydrogens (tertiary/aromatic N) is 1. The summed E-state index contributed by atoms with van der Waals surface area (Å²) in [6.45, 7) is 3.88. The third kappa shape index (κ3) is 2.23. The predicted molar refractivity (Wildman–Crippen MR) is 70.0 cm³/mol. The molecule has 3 heteroatoms. The van der Waals surface area contributed by atoms with Crippen molar-refractivity contribution in [3.05, 3.63) is 35.3 Å². The van der Waals surface area contributed by atoms with Crippen molar-refractivity contribution in [3.63, 3.8) is 0 Å². The van der Waals surface area contributed by atoms with E-state index in [1.54, 1.807) is 6.92 Å². The molecule has 0 fully saturated rings. The molecular formula is C14H17FN2. The molecule has 0 atom stereocenters. The number of aromatic nitrogens is 1. The van der Waals surface area contributed by atoms with E-state index in [9.17, 15) is 4.39 Å². The van der Waals surface area contributed by atoms with E-state index in [-0.39, 0.29) is 5.82 Å². The first-order valence-electron chi connectivity index (χ1n) is 5.93. The Kier molecular flexibility index (Phi) is 3.27. The molecule has 2 rings (SSSR count). The van der Waals surface area contributed by atoms with Crippen molar-refractivity contribution in [1.82, 2.24) is 4.98 Å². The summed E-state index contributed by atoms with van der Waals surface area (Å²) in [6.07, 6.45) is 1.95. The maximum Gasteiger partial charge on any atom is 0.128 e. The minimum Gasteiger partial charge on any atom is -0.388 e. The monoisotopic (exact) mass is 232 g/mol. The van der Waals surface area contributed by atoms with Crippen LogP contribution in [0.5, 0.6) is 0 Å². The summed E-state index contributed by atoms with van der Waals surface area (Å²) in [4.78, 5) is 4.50. The molecule has 0 aliphatic heterocycles. The molecule has 1 aromatic carbocycles. The molecule has 1 heterocycles. The summed E-state index contributed by atoms with van der Waals surface area (Å²) in [7, 11) is 1.88. The van der Waals surface area contributed by atoms with Gasteiger partial charge in [-0.3, -0.25) is 4.98 Å². The molecule has 0 unspecified atom stereocenters. The first-order chi connectivity index (χ1) is 8.15. The lowest BCUT2D eigenvalue weighted by Gasteiger charge is -2.10. The van der Waals surface area contributed by atoms with Crippen LogP contribution in [0.2, 0.25) is 0 Å². The molecule has 0 amide bonds. The third-order valence-electron chi connectivity index (χ3n) is 2.92. The molecule has 0 bridgehead atoms.